The van der Waals surface area contributed by atoms with Gasteiger partial charge in [0, 0.05) is 39.3 Å². The van der Waals surface area contributed by atoms with E-state index in [1.165, 1.54) is 55.9 Å². The third-order valence-electron chi connectivity index (χ3n) is 8.65. The number of hydrogen-bond donors (Lipinski definition) is 0. The Morgan fingerprint density at radius 1 is 0.778 bits per heavy atom. The van der Waals surface area contributed by atoms with Crippen molar-refractivity contribution in [1.29, 1.82) is 0 Å². The van der Waals surface area contributed by atoms with Crippen molar-refractivity contribution in [1.82, 2.24) is 0 Å². The molecular weight excluding hydrogens is 481 g/mol. The number of rotatable bonds is 3. The van der Waals surface area contributed by atoms with Gasteiger partial charge in [-0.05, 0) is 108 Å². The highest BCUT2D eigenvalue weighted by atomic mass is 35.5. The van der Waals surface area contributed by atoms with E-state index in [0.717, 1.165) is 22.9 Å². The van der Waals surface area contributed by atoms with Crippen molar-refractivity contribution in [3.8, 4) is 0 Å². The second-order valence-electron chi connectivity index (χ2n) is 11.4. The van der Waals surface area contributed by atoms with Crippen molar-refractivity contribution in [2.45, 2.75) is 65.2 Å². The summed E-state index contributed by atoms with van der Waals surface area (Å²) in [6.45, 7) is 13.7. The molecule has 0 unspecified atom stereocenters. The normalized spacial score (nSPS) is 22.5. The first-order valence-corrected chi connectivity index (χ1v) is 13.5. The number of nitrogens with zero attached hydrogens (tertiary/aromatic N) is 1. The molecule has 5 rings (SSSR count). The second kappa shape index (κ2) is 8.82. The molecular formula is C33H35Cl2N. The van der Waals surface area contributed by atoms with E-state index in [4.69, 9.17) is 23.2 Å². The van der Waals surface area contributed by atoms with Gasteiger partial charge < -0.3 is 4.90 Å². The van der Waals surface area contributed by atoms with Gasteiger partial charge in [-0.25, -0.2) is 0 Å². The van der Waals surface area contributed by atoms with Crippen LogP contribution in [0.25, 0.3) is 5.57 Å². The van der Waals surface area contributed by atoms with E-state index in [-0.39, 0.29) is 10.8 Å². The summed E-state index contributed by atoms with van der Waals surface area (Å²) in [6, 6.07) is 12.5. The van der Waals surface area contributed by atoms with Crippen LogP contribution in [0.3, 0.4) is 0 Å². The van der Waals surface area contributed by atoms with Crippen LogP contribution >= 0.6 is 23.2 Å². The average Bonchev–Trinajstić information content (AvgIpc) is 3.32. The summed E-state index contributed by atoms with van der Waals surface area (Å²) in [5.74, 6) is 0. The molecule has 1 aliphatic heterocycles. The van der Waals surface area contributed by atoms with Gasteiger partial charge >= 0.3 is 0 Å². The molecule has 0 aromatic heterocycles. The largest absolute Gasteiger partial charge is 0.347 e. The van der Waals surface area contributed by atoms with Crippen LogP contribution < -0.4 is 4.90 Å². The zero-order chi connectivity index (χ0) is 26.0. The van der Waals surface area contributed by atoms with Gasteiger partial charge in [0.2, 0.25) is 0 Å². The first-order chi connectivity index (χ1) is 16.9. The SMILES string of the molecule is CC1=C(C=CC2=C(C)c3ccc(Cl)cc3C2(C)C)CCC1=CC=C1N(C)c2ccc(Cl)cc2C1(C)C. The molecule has 3 heteroatoms. The lowest BCUT2D eigenvalue weighted by Gasteiger charge is -2.24. The topological polar surface area (TPSA) is 3.24 Å². The average molecular weight is 517 g/mol. The molecule has 0 fully saturated rings. The summed E-state index contributed by atoms with van der Waals surface area (Å²) >= 11 is 12.7. The molecule has 0 bridgehead atoms. The molecule has 2 aromatic rings. The number of anilines is 1. The first-order valence-electron chi connectivity index (χ1n) is 12.8. The quantitative estimate of drug-likeness (QED) is 0.392. The van der Waals surface area contributed by atoms with E-state index in [0.29, 0.717) is 0 Å². The molecule has 186 valence electrons. The van der Waals surface area contributed by atoms with E-state index in [2.05, 4.69) is 102 Å². The number of benzene rings is 2. The van der Waals surface area contributed by atoms with Gasteiger partial charge in [0.15, 0.2) is 0 Å². The van der Waals surface area contributed by atoms with Crippen LogP contribution in [0.1, 0.15) is 71.1 Å². The zero-order valence-electron chi connectivity index (χ0n) is 22.4. The lowest BCUT2D eigenvalue weighted by molar-refractivity contribution is 0.640. The molecule has 0 saturated carbocycles. The van der Waals surface area contributed by atoms with Crippen LogP contribution in [0.15, 0.2) is 88.7 Å². The molecule has 0 saturated heterocycles. The van der Waals surface area contributed by atoms with Crippen LogP contribution in [0.2, 0.25) is 10.0 Å². The van der Waals surface area contributed by atoms with Gasteiger partial charge in [0.25, 0.3) is 0 Å². The minimum atomic E-state index is -0.0824. The summed E-state index contributed by atoms with van der Waals surface area (Å²) < 4.78 is 0. The Labute approximate surface area is 226 Å². The maximum absolute atomic E-state index is 6.33. The van der Waals surface area contributed by atoms with Crippen molar-refractivity contribution >= 4 is 34.5 Å². The minimum Gasteiger partial charge on any atom is -0.347 e. The third-order valence-corrected chi connectivity index (χ3v) is 9.12. The van der Waals surface area contributed by atoms with Crippen LogP contribution in [-0.4, -0.2) is 7.05 Å². The van der Waals surface area contributed by atoms with Crippen LogP contribution in [0.5, 0.6) is 0 Å². The Kier molecular flexibility index (Phi) is 6.17. The summed E-state index contributed by atoms with van der Waals surface area (Å²) in [4.78, 5) is 2.30. The predicted octanol–water partition coefficient (Wildman–Crippen LogP) is 9.96. The highest BCUT2D eigenvalue weighted by Crippen LogP contribution is 2.49. The van der Waals surface area contributed by atoms with Gasteiger partial charge in [-0.2, -0.15) is 0 Å². The molecule has 36 heavy (non-hydrogen) atoms. The fourth-order valence-corrected chi connectivity index (χ4v) is 6.74. The van der Waals surface area contributed by atoms with Crippen LogP contribution in [0, 0.1) is 0 Å². The van der Waals surface area contributed by atoms with Gasteiger partial charge in [0.05, 0.1) is 0 Å². The first kappa shape index (κ1) is 25.2. The van der Waals surface area contributed by atoms with Gasteiger partial charge in [-0.15, -0.1) is 0 Å². The molecule has 0 radical (unpaired) electrons. The minimum absolute atomic E-state index is 0.0481. The van der Waals surface area contributed by atoms with E-state index in [1.54, 1.807) is 0 Å². The van der Waals surface area contributed by atoms with Crippen LogP contribution in [-0.2, 0) is 10.8 Å². The highest BCUT2D eigenvalue weighted by Gasteiger charge is 2.38. The lowest BCUT2D eigenvalue weighted by atomic mass is 9.81. The number of fused-ring (bicyclic) bond motifs is 2. The third kappa shape index (κ3) is 3.92. The van der Waals surface area contributed by atoms with Gasteiger partial charge in [-0.1, -0.05) is 75.2 Å². The van der Waals surface area contributed by atoms with Crippen LogP contribution in [0.4, 0.5) is 5.69 Å². The molecule has 0 amide bonds. The number of likely N-dealkylation sites (N-methyl/N-ethyl adjacent to an activating group) is 1. The Balaban J connectivity index is 1.43. The van der Waals surface area contributed by atoms with E-state index >= 15 is 0 Å². The molecule has 2 aliphatic carbocycles. The van der Waals surface area contributed by atoms with Gasteiger partial charge in [0.1, 0.15) is 0 Å². The predicted molar refractivity (Wildman–Crippen MR) is 157 cm³/mol. The molecule has 0 N–H and O–H groups in total. The summed E-state index contributed by atoms with van der Waals surface area (Å²) in [7, 11) is 2.15. The standard InChI is InChI=1S/C33H35Cl2N/c1-20-22(10-15-27-21(2)26-14-12-24(34)18-28(26)32(27,3)4)8-9-23(20)11-17-31-33(5,6)29-19-25(35)13-16-30(29)36(31)7/h10-19H,8-9H2,1-7H3. The monoisotopic (exact) mass is 515 g/mol. The Bertz CT molecular complexity index is 1430. The van der Waals surface area contributed by atoms with Crippen molar-refractivity contribution in [3.05, 3.63) is 115 Å². The number of halogens is 2. The van der Waals surface area contributed by atoms with Crippen molar-refractivity contribution < 1.29 is 0 Å². The van der Waals surface area contributed by atoms with E-state index in [9.17, 15) is 0 Å². The maximum Gasteiger partial charge on any atom is 0.0449 e. The van der Waals surface area contributed by atoms with Crippen molar-refractivity contribution in [3.63, 3.8) is 0 Å². The van der Waals surface area contributed by atoms with E-state index < -0.39 is 0 Å². The summed E-state index contributed by atoms with van der Waals surface area (Å²) in [5, 5.41) is 1.60. The van der Waals surface area contributed by atoms with Gasteiger partial charge in [-0.3, -0.25) is 0 Å². The fourth-order valence-electron chi connectivity index (χ4n) is 6.39. The van der Waals surface area contributed by atoms with Crippen molar-refractivity contribution in [2.75, 3.05) is 11.9 Å². The molecule has 0 atom stereocenters. The van der Waals surface area contributed by atoms with E-state index in [1.807, 2.05) is 12.1 Å². The highest BCUT2D eigenvalue weighted by molar-refractivity contribution is 6.31. The summed E-state index contributed by atoms with van der Waals surface area (Å²) in [5.41, 5.74) is 13.3. The number of allylic oxidation sites excluding steroid dienone is 10. The second-order valence-corrected chi connectivity index (χ2v) is 12.3. The van der Waals surface area contributed by atoms with Crippen molar-refractivity contribution in [2.24, 2.45) is 0 Å². The number of hydrogen-bond acceptors (Lipinski definition) is 1. The molecule has 2 aromatic carbocycles. The smallest absolute Gasteiger partial charge is 0.0449 e. The molecule has 0 spiro atoms. The lowest BCUT2D eigenvalue weighted by Crippen LogP contribution is -2.22. The molecule has 3 aliphatic rings. The molecule has 1 heterocycles. The summed E-state index contributed by atoms with van der Waals surface area (Å²) in [6.07, 6.45) is 11.5. The zero-order valence-corrected chi connectivity index (χ0v) is 23.9. The molecule has 1 nitrogen and oxygen atoms in total. The Morgan fingerprint density at radius 2 is 1.44 bits per heavy atom. The Morgan fingerprint density at radius 3 is 2.17 bits per heavy atom. The maximum atomic E-state index is 6.33. The fraction of sp³-hybridized carbons (Fsp3) is 0.333. The Hall–Kier alpha value is -2.48.